The highest BCUT2D eigenvalue weighted by molar-refractivity contribution is 5.97. The van der Waals surface area contributed by atoms with Crippen LogP contribution in [0.2, 0.25) is 0 Å². The Morgan fingerprint density at radius 1 is 0.712 bits per heavy atom. The number of carbonyl (C=O) groups excluding carboxylic acids is 3. The van der Waals surface area contributed by atoms with Crippen LogP contribution in [0.5, 0.6) is 23.0 Å². The van der Waals surface area contributed by atoms with E-state index >= 15 is 0 Å². The van der Waals surface area contributed by atoms with Crippen LogP contribution in [0.15, 0.2) is 30.3 Å². The lowest BCUT2D eigenvalue weighted by molar-refractivity contribution is -0.0866. The monoisotopic (exact) mass is 811 g/mol. The number of likely N-dealkylation sites (N-methyl/N-ethyl adjacent to an activating group) is 2. The summed E-state index contributed by atoms with van der Waals surface area (Å²) in [6.07, 6.45) is -1.35. The summed E-state index contributed by atoms with van der Waals surface area (Å²) in [5.74, 6) is -2.36. The van der Waals surface area contributed by atoms with Crippen molar-refractivity contribution in [1.82, 2.24) is 14.8 Å². The number of fused-ring (bicyclic) bond motifs is 8. The van der Waals surface area contributed by atoms with Gasteiger partial charge in [0, 0.05) is 23.9 Å². The molecule has 2 saturated carbocycles. The topological polar surface area (TPSA) is 193 Å². The van der Waals surface area contributed by atoms with E-state index < -0.39 is 54.2 Å². The highest BCUT2D eigenvalue weighted by Gasteiger charge is 2.56. The summed E-state index contributed by atoms with van der Waals surface area (Å²) < 4.78 is 40.8. The lowest BCUT2D eigenvalue weighted by Gasteiger charge is -2.48. The van der Waals surface area contributed by atoms with Crippen LogP contribution in [0.1, 0.15) is 101 Å². The second-order valence-corrected chi connectivity index (χ2v) is 17.0. The molecule has 5 aliphatic heterocycles. The Balaban J connectivity index is 0.920. The van der Waals surface area contributed by atoms with Crippen molar-refractivity contribution in [3.05, 3.63) is 75.1 Å². The fourth-order valence-corrected chi connectivity index (χ4v) is 11.1. The number of aryl methyl sites for hydroxylation is 2. The molecule has 2 N–H and O–H groups in total. The van der Waals surface area contributed by atoms with E-state index in [0.29, 0.717) is 58.4 Å². The van der Waals surface area contributed by atoms with Crippen LogP contribution in [0.3, 0.4) is 0 Å². The molecule has 3 aromatic rings. The molecule has 16 heteroatoms. The number of aliphatic hydroxyl groups excluding tert-OH is 1. The van der Waals surface area contributed by atoms with Crippen LogP contribution in [0.25, 0.3) is 0 Å². The number of aromatic carboxylic acids is 1. The zero-order valence-electron chi connectivity index (χ0n) is 33.0. The number of aliphatic hydroxyl groups is 1. The molecule has 0 unspecified atom stereocenters. The van der Waals surface area contributed by atoms with Crippen molar-refractivity contribution in [2.24, 2.45) is 11.8 Å². The first-order chi connectivity index (χ1) is 28.4. The molecule has 2 aromatic carbocycles. The van der Waals surface area contributed by atoms with Crippen molar-refractivity contribution in [3.63, 3.8) is 0 Å². The number of carboxylic acid groups (broad SMARTS) is 1. The molecule has 10 atom stereocenters. The van der Waals surface area contributed by atoms with Crippen molar-refractivity contribution in [3.8, 4) is 23.0 Å². The number of esters is 3. The second-order valence-electron chi connectivity index (χ2n) is 17.0. The molecule has 59 heavy (non-hydrogen) atoms. The smallest absolute Gasteiger partial charge is 0.340 e. The summed E-state index contributed by atoms with van der Waals surface area (Å²) in [5, 5.41) is 22.3. The van der Waals surface area contributed by atoms with Crippen molar-refractivity contribution < 1.29 is 62.5 Å². The van der Waals surface area contributed by atoms with E-state index in [1.165, 1.54) is 12.1 Å². The molecule has 2 saturated heterocycles. The third-order valence-electron chi connectivity index (χ3n) is 13.8. The molecule has 2 aliphatic carbocycles. The molecule has 310 valence electrons. The Kier molecular flexibility index (Phi) is 9.03. The molecular formula is C43H45N3O13. The number of aromatic nitrogens is 1. The summed E-state index contributed by atoms with van der Waals surface area (Å²) in [5.41, 5.74) is 2.28. The van der Waals surface area contributed by atoms with Gasteiger partial charge >= 0.3 is 23.9 Å². The van der Waals surface area contributed by atoms with Gasteiger partial charge in [-0.1, -0.05) is 0 Å². The molecule has 1 aromatic heterocycles. The predicted molar refractivity (Wildman–Crippen MR) is 203 cm³/mol. The SMILES string of the molecule is Cc1nc(C)c(C(=O)O[C@@H]2C[C@H]3CCN(C)[C@H]3[C@H](c3cc4c(cc3C(=O)O)OCO4)[C@H]2O)cc1C(=O)O[C@H]1C[C@H]2CCN(C)[C@H]2[C@@H]2c3cc4c(cc3C(=O)O[C@@H]21)OCO4. The highest BCUT2D eigenvalue weighted by Crippen LogP contribution is 2.52. The molecule has 0 bridgehead atoms. The zero-order valence-corrected chi connectivity index (χ0v) is 33.0. The number of pyridine rings is 1. The van der Waals surface area contributed by atoms with Gasteiger partial charge in [-0.3, -0.25) is 4.98 Å². The minimum Gasteiger partial charge on any atom is -0.478 e. The quantitative estimate of drug-likeness (QED) is 0.269. The molecule has 0 amide bonds. The lowest BCUT2D eigenvalue weighted by Crippen LogP contribution is -2.55. The van der Waals surface area contributed by atoms with Gasteiger partial charge in [0.1, 0.15) is 18.3 Å². The van der Waals surface area contributed by atoms with E-state index in [9.17, 15) is 29.4 Å². The fraction of sp³-hybridized carbons (Fsp3) is 0.512. The third kappa shape index (κ3) is 6.09. The Morgan fingerprint density at radius 2 is 1.24 bits per heavy atom. The van der Waals surface area contributed by atoms with E-state index in [4.69, 9.17) is 33.2 Å². The number of likely N-dealkylation sites (tertiary alicyclic amines) is 2. The molecule has 4 fully saturated rings. The standard InChI is InChI=1S/C43H45N3O13/c1-18-22(41(50)57-32-9-20-5-7-45(3)36(20)34(38(32)47)24-12-28-30(55-16-53-28)14-26(24)40(48)49)11-23(19(2)44-18)42(51)58-33-10-21-6-8-46(4)37(21)35-25-13-29-31(56-17-54-29)15-27(25)43(52)59-39(33)35/h11-15,20-21,32-39,47H,5-10,16-17H2,1-4H3,(H,48,49)/t20-,21-,32-,33+,34+,35+,36-,37-,38+,39-/m1/s1. The average Bonchev–Trinajstić information content (AvgIpc) is 4.02. The van der Waals surface area contributed by atoms with Gasteiger partial charge in [0.2, 0.25) is 13.6 Å². The number of nitrogens with zero attached hydrogens (tertiary/aromatic N) is 3. The zero-order chi connectivity index (χ0) is 41.0. The Bertz CT molecular complexity index is 2300. The van der Waals surface area contributed by atoms with Gasteiger partial charge < -0.3 is 53.2 Å². The van der Waals surface area contributed by atoms with E-state index in [1.807, 2.05) is 13.1 Å². The van der Waals surface area contributed by atoms with Gasteiger partial charge in [-0.2, -0.15) is 0 Å². The van der Waals surface area contributed by atoms with Crippen LogP contribution < -0.4 is 18.9 Å². The molecule has 0 spiro atoms. The van der Waals surface area contributed by atoms with E-state index in [1.54, 1.807) is 26.0 Å². The van der Waals surface area contributed by atoms with Gasteiger partial charge in [0.25, 0.3) is 0 Å². The van der Waals surface area contributed by atoms with Crippen LogP contribution in [0, 0.1) is 25.7 Å². The van der Waals surface area contributed by atoms with Crippen LogP contribution in [-0.2, 0) is 14.2 Å². The van der Waals surface area contributed by atoms with Gasteiger partial charge in [-0.15, -0.1) is 0 Å². The van der Waals surface area contributed by atoms with Gasteiger partial charge in [-0.05, 0) is 120 Å². The summed E-state index contributed by atoms with van der Waals surface area (Å²) >= 11 is 0. The Labute approximate surface area is 339 Å². The first-order valence-electron chi connectivity index (χ1n) is 20.2. The third-order valence-corrected chi connectivity index (χ3v) is 13.8. The largest absolute Gasteiger partial charge is 0.478 e. The summed E-state index contributed by atoms with van der Waals surface area (Å²) in [7, 11) is 4.00. The summed E-state index contributed by atoms with van der Waals surface area (Å²) in [6, 6.07) is 7.78. The Hall–Kier alpha value is -5.45. The van der Waals surface area contributed by atoms with E-state index in [0.717, 1.165) is 31.5 Å². The molecule has 6 heterocycles. The first kappa shape index (κ1) is 37.8. The van der Waals surface area contributed by atoms with Crippen molar-refractivity contribution in [2.45, 2.75) is 87.9 Å². The van der Waals surface area contributed by atoms with Crippen molar-refractivity contribution in [2.75, 3.05) is 40.8 Å². The number of hydrogen-bond acceptors (Lipinski definition) is 15. The fourth-order valence-electron chi connectivity index (χ4n) is 11.1. The predicted octanol–water partition coefficient (Wildman–Crippen LogP) is 3.82. The average molecular weight is 812 g/mol. The number of ether oxygens (including phenoxy) is 7. The molecule has 16 nitrogen and oxygen atoms in total. The van der Waals surface area contributed by atoms with Crippen molar-refractivity contribution in [1.29, 1.82) is 0 Å². The van der Waals surface area contributed by atoms with Gasteiger partial charge in [0.15, 0.2) is 23.0 Å². The molecule has 0 radical (unpaired) electrons. The van der Waals surface area contributed by atoms with E-state index in [-0.39, 0.29) is 60.1 Å². The molecular weight excluding hydrogens is 766 g/mol. The minimum absolute atomic E-state index is 0.0118. The van der Waals surface area contributed by atoms with Crippen LogP contribution in [0.4, 0.5) is 0 Å². The normalized spacial score (nSPS) is 31.4. The number of hydrogen-bond donors (Lipinski definition) is 2. The van der Waals surface area contributed by atoms with Crippen LogP contribution >= 0.6 is 0 Å². The number of benzene rings is 2. The molecule has 10 rings (SSSR count). The van der Waals surface area contributed by atoms with Gasteiger partial charge in [0.05, 0.1) is 39.7 Å². The maximum absolute atomic E-state index is 14.2. The van der Waals surface area contributed by atoms with Crippen molar-refractivity contribution >= 4 is 23.9 Å². The number of rotatable bonds is 6. The number of carbonyl (C=O) groups is 4. The second kappa shape index (κ2) is 14.1. The first-order valence-corrected chi connectivity index (χ1v) is 20.2. The maximum Gasteiger partial charge on any atom is 0.340 e. The molecule has 7 aliphatic rings. The summed E-state index contributed by atoms with van der Waals surface area (Å²) in [6.45, 7) is 4.86. The van der Waals surface area contributed by atoms with Gasteiger partial charge in [-0.25, -0.2) is 19.2 Å². The van der Waals surface area contributed by atoms with E-state index in [2.05, 4.69) is 21.8 Å². The Morgan fingerprint density at radius 3 is 1.85 bits per heavy atom. The minimum atomic E-state index is -1.27. The summed E-state index contributed by atoms with van der Waals surface area (Å²) in [4.78, 5) is 63.3. The maximum atomic E-state index is 14.2. The highest BCUT2D eigenvalue weighted by atomic mass is 16.7. The lowest BCUT2D eigenvalue weighted by atomic mass is 9.69. The number of carboxylic acids is 1. The van der Waals surface area contributed by atoms with Crippen LogP contribution in [-0.4, -0.2) is 126 Å².